The molecule has 2 nitrogen and oxygen atoms in total. The van der Waals surface area contributed by atoms with Crippen LogP contribution in [0.3, 0.4) is 0 Å². The molecule has 0 aromatic carbocycles. The fourth-order valence-electron chi connectivity index (χ4n) is 3.52. The molecule has 2 heterocycles. The number of thioether (sulfide) groups is 1. The fourth-order valence-corrected chi connectivity index (χ4v) is 4.86. The molecular weight excluding hydrogens is 252 g/mol. The van der Waals surface area contributed by atoms with Crippen LogP contribution < -0.4 is 5.32 Å². The second-order valence-electron chi connectivity index (χ2n) is 6.65. The molecular formula is C16H32N2S. The molecule has 0 aromatic heterocycles. The van der Waals surface area contributed by atoms with Gasteiger partial charge in [-0.05, 0) is 30.9 Å². The normalized spacial score (nSPS) is 33.8. The average molecular weight is 285 g/mol. The molecule has 0 aromatic rings. The van der Waals surface area contributed by atoms with Crippen molar-refractivity contribution in [2.75, 3.05) is 25.4 Å². The van der Waals surface area contributed by atoms with Crippen LogP contribution in [0.2, 0.25) is 0 Å². The second kappa shape index (κ2) is 7.90. The summed E-state index contributed by atoms with van der Waals surface area (Å²) >= 11 is 2.22. The quantitative estimate of drug-likeness (QED) is 0.833. The van der Waals surface area contributed by atoms with Gasteiger partial charge in [0.25, 0.3) is 0 Å². The first kappa shape index (κ1) is 15.7. The van der Waals surface area contributed by atoms with Crippen molar-refractivity contribution in [3.8, 4) is 0 Å². The second-order valence-corrected chi connectivity index (χ2v) is 8.06. The van der Waals surface area contributed by atoms with Gasteiger partial charge in [0, 0.05) is 37.0 Å². The summed E-state index contributed by atoms with van der Waals surface area (Å²) in [5.41, 5.74) is 0. The van der Waals surface area contributed by atoms with Crippen LogP contribution in [0.25, 0.3) is 0 Å². The first-order chi connectivity index (χ1) is 9.20. The van der Waals surface area contributed by atoms with Crippen molar-refractivity contribution >= 4 is 11.8 Å². The molecule has 2 aliphatic heterocycles. The molecule has 2 fully saturated rings. The predicted molar refractivity (Wildman–Crippen MR) is 87.0 cm³/mol. The third kappa shape index (κ3) is 4.64. The lowest BCUT2D eigenvalue weighted by molar-refractivity contribution is 0.0950. The van der Waals surface area contributed by atoms with E-state index in [1.807, 2.05) is 0 Å². The van der Waals surface area contributed by atoms with Crippen LogP contribution in [-0.4, -0.2) is 47.6 Å². The maximum atomic E-state index is 3.77. The first-order valence-corrected chi connectivity index (χ1v) is 9.34. The highest BCUT2D eigenvalue weighted by atomic mass is 32.2. The van der Waals surface area contributed by atoms with Crippen LogP contribution in [0, 0.1) is 5.92 Å². The third-order valence-corrected chi connectivity index (χ3v) is 6.04. The molecule has 3 atom stereocenters. The van der Waals surface area contributed by atoms with E-state index in [-0.39, 0.29) is 0 Å². The van der Waals surface area contributed by atoms with E-state index in [9.17, 15) is 0 Å². The van der Waals surface area contributed by atoms with Gasteiger partial charge in [-0.3, -0.25) is 4.90 Å². The summed E-state index contributed by atoms with van der Waals surface area (Å²) in [7, 11) is 0. The van der Waals surface area contributed by atoms with E-state index in [2.05, 4.69) is 42.7 Å². The van der Waals surface area contributed by atoms with Crippen LogP contribution in [-0.2, 0) is 0 Å². The smallest absolute Gasteiger partial charge is 0.0244 e. The summed E-state index contributed by atoms with van der Waals surface area (Å²) in [6.45, 7) is 10.9. The van der Waals surface area contributed by atoms with Crippen molar-refractivity contribution in [3.63, 3.8) is 0 Å². The van der Waals surface area contributed by atoms with Gasteiger partial charge in [-0.2, -0.15) is 11.8 Å². The van der Waals surface area contributed by atoms with Crippen LogP contribution in [0.1, 0.15) is 52.9 Å². The van der Waals surface area contributed by atoms with Crippen molar-refractivity contribution in [3.05, 3.63) is 0 Å². The molecule has 0 aliphatic carbocycles. The molecule has 2 aliphatic rings. The average Bonchev–Trinajstić information content (AvgIpc) is 2.40. The minimum atomic E-state index is 0.730. The summed E-state index contributed by atoms with van der Waals surface area (Å²) < 4.78 is 0. The first-order valence-electron chi connectivity index (χ1n) is 8.29. The zero-order valence-electron chi connectivity index (χ0n) is 13.0. The lowest BCUT2D eigenvalue weighted by atomic mass is 9.96. The largest absolute Gasteiger partial charge is 0.311 e. The van der Waals surface area contributed by atoms with E-state index < -0.39 is 0 Å². The van der Waals surface area contributed by atoms with Crippen LogP contribution in [0.5, 0.6) is 0 Å². The Bertz CT molecular complexity index is 251. The highest BCUT2D eigenvalue weighted by Crippen LogP contribution is 2.28. The Balaban J connectivity index is 1.90. The van der Waals surface area contributed by atoms with Gasteiger partial charge < -0.3 is 5.32 Å². The summed E-state index contributed by atoms with van der Waals surface area (Å²) in [6, 6.07) is 1.48. The number of nitrogens with one attached hydrogen (secondary N) is 1. The third-order valence-electron chi connectivity index (χ3n) is 4.66. The number of nitrogens with zero attached hydrogens (tertiary/aromatic N) is 1. The maximum absolute atomic E-state index is 3.77. The van der Waals surface area contributed by atoms with Crippen LogP contribution in [0.4, 0.5) is 0 Å². The van der Waals surface area contributed by atoms with Crippen molar-refractivity contribution in [2.24, 2.45) is 5.92 Å². The number of hydrogen-bond acceptors (Lipinski definition) is 3. The molecule has 3 heteroatoms. The molecule has 2 rings (SSSR count). The highest BCUT2D eigenvalue weighted by Gasteiger charge is 2.31. The van der Waals surface area contributed by atoms with E-state index in [0.717, 1.165) is 23.3 Å². The van der Waals surface area contributed by atoms with Gasteiger partial charge in [-0.25, -0.2) is 0 Å². The highest BCUT2D eigenvalue weighted by molar-refractivity contribution is 7.99. The van der Waals surface area contributed by atoms with Gasteiger partial charge in [0.2, 0.25) is 0 Å². The minimum Gasteiger partial charge on any atom is -0.311 e. The molecule has 0 saturated carbocycles. The summed E-state index contributed by atoms with van der Waals surface area (Å²) in [4.78, 5) is 2.81. The van der Waals surface area contributed by atoms with Crippen molar-refractivity contribution in [1.29, 1.82) is 0 Å². The molecule has 0 bridgehead atoms. The topological polar surface area (TPSA) is 15.3 Å². The lowest BCUT2D eigenvalue weighted by Crippen LogP contribution is -2.59. The maximum Gasteiger partial charge on any atom is 0.0244 e. The zero-order valence-corrected chi connectivity index (χ0v) is 13.8. The van der Waals surface area contributed by atoms with E-state index in [1.54, 1.807) is 0 Å². The minimum absolute atomic E-state index is 0.730. The fraction of sp³-hybridized carbons (Fsp3) is 1.00. The molecule has 19 heavy (non-hydrogen) atoms. The van der Waals surface area contributed by atoms with Crippen molar-refractivity contribution in [2.45, 2.75) is 70.2 Å². The number of hydrogen-bond donors (Lipinski definition) is 1. The van der Waals surface area contributed by atoms with Gasteiger partial charge in [-0.15, -0.1) is 0 Å². The predicted octanol–water partition coefficient (Wildman–Crippen LogP) is 3.37. The zero-order chi connectivity index (χ0) is 13.7. The molecule has 0 spiro atoms. The molecule has 112 valence electrons. The summed E-state index contributed by atoms with van der Waals surface area (Å²) in [6.07, 6.45) is 6.97. The Morgan fingerprint density at radius 3 is 2.79 bits per heavy atom. The Morgan fingerprint density at radius 1 is 1.32 bits per heavy atom. The molecule has 1 N–H and O–H groups in total. The van der Waals surface area contributed by atoms with Crippen molar-refractivity contribution < 1.29 is 0 Å². The van der Waals surface area contributed by atoms with Crippen LogP contribution in [0.15, 0.2) is 0 Å². The van der Waals surface area contributed by atoms with Gasteiger partial charge in [0.15, 0.2) is 0 Å². The summed E-state index contributed by atoms with van der Waals surface area (Å²) in [5.74, 6) is 2.16. The Kier molecular flexibility index (Phi) is 6.51. The monoisotopic (exact) mass is 284 g/mol. The van der Waals surface area contributed by atoms with E-state index in [0.29, 0.717) is 0 Å². The van der Waals surface area contributed by atoms with E-state index in [4.69, 9.17) is 0 Å². The number of piperazine rings is 1. The van der Waals surface area contributed by atoms with Gasteiger partial charge in [-0.1, -0.05) is 33.6 Å². The standard InChI is InChI=1S/C16H32N2S/c1-4-7-14-11-18(16(10-17-14)13(2)3)12-15-8-5-6-9-19-15/h13-17H,4-12H2,1-3H3. The number of rotatable bonds is 5. The van der Waals surface area contributed by atoms with E-state index >= 15 is 0 Å². The van der Waals surface area contributed by atoms with Crippen molar-refractivity contribution in [1.82, 2.24) is 10.2 Å². The Hall–Kier alpha value is 0.270. The lowest BCUT2D eigenvalue weighted by Gasteiger charge is -2.44. The Morgan fingerprint density at radius 2 is 2.16 bits per heavy atom. The van der Waals surface area contributed by atoms with Gasteiger partial charge >= 0.3 is 0 Å². The molecule has 3 unspecified atom stereocenters. The van der Waals surface area contributed by atoms with Crippen LogP contribution >= 0.6 is 11.8 Å². The summed E-state index contributed by atoms with van der Waals surface area (Å²) in [5, 5.41) is 4.67. The SMILES string of the molecule is CCCC1CN(CC2CCCCS2)C(C(C)C)CN1. The molecule has 2 saturated heterocycles. The molecule has 0 radical (unpaired) electrons. The molecule has 0 amide bonds. The Labute approximate surface area is 124 Å². The van der Waals surface area contributed by atoms with Gasteiger partial charge in [0.05, 0.1) is 0 Å². The van der Waals surface area contributed by atoms with E-state index in [1.165, 1.54) is 57.5 Å². The van der Waals surface area contributed by atoms with Gasteiger partial charge in [0.1, 0.15) is 0 Å².